The van der Waals surface area contributed by atoms with Gasteiger partial charge in [0.1, 0.15) is 0 Å². The molecular formula is C28H33N3O3. The third-order valence-corrected chi connectivity index (χ3v) is 7.56. The number of rotatable bonds is 6. The maximum Gasteiger partial charge on any atom is 0.219 e. The molecule has 2 aliphatic carbocycles. The zero-order valence-electron chi connectivity index (χ0n) is 19.7. The summed E-state index contributed by atoms with van der Waals surface area (Å²) >= 11 is 0. The molecule has 6 heteroatoms. The Kier molecular flexibility index (Phi) is 6.42. The van der Waals surface area contributed by atoms with E-state index in [1.54, 1.807) is 19.5 Å². The molecule has 34 heavy (non-hydrogen) atoms. The maximum atomic E-state index is 10.3. The van der Waals surface area contributed by atoms with Crippen molar-refractivity contribution in [3.63, 3.8) is 0 Å². The number of aliphatic hydroxyl groups is 1. The van der Waals surface area contributed by atoms with Crippen LogP contribution in [-0.4, -0.2) is 34.4 Å². The third kappa shape index (κ3) is 4.47. The number of benzene rings is 2. The van der Waals surface area contributed by atoms with Crippen molar-refractivity contribution < 1.29 is 14.6 Å². The minimum atomic E-state index is -0.244. The number of methoxy groups -OCH3 is 1. The van der Waals surface area contributed by atoms with Crippen LogP contribution < -0.4 is 15.2 Å². The van der Waals surface area contributed by atoms with E-state index in [2.05, 4.69) is 46.4 Å². The molecule has 1 heterocycles. The molecule has 0 aliphatic heterocycles. The SMILES string of the molecule is COc1ccc([C@]2(c3ccc(-c4cnc(N)nc4)cc3)CC[C@H](O)CC2)cc1OC1CCCC1. The number of ether oxygens (including phenoxy) is 2. The Morgan fingerprint density at radius 2 is 1.50 bits per heavy atom. The molecule has 2 aliphatic rings. The molecule has 178 valence electrons. The average molecular weight is 460 g/mol. The maximum absolute atomic E-state index is 10.3. The largest absolute Gasteiger partial charge is 0.493 e. The highest BCUT2D eigenvalue weighted by atomic mass is 16.5. The first-order chi connectivity index (χ1) is 16.6. The van der Waals surface area contributed by atoms with E-state index in [1.807, 2.05) is 6.07 Å². The Balaban J connectivity index is 1.51. The van der Waals surface area contributed by atoms with Crippen molar-refractivity contribution in [2.24, 2.45) is 0 Å². The predicted octanol–water partition coefficient (Wildman–Crippen LogP) is 5.28. The lowest BCUT2D eigenvalue weighted by Gasteiger charge is -2.40. The summed E-state index contributed by atoms with van der Waals surface area (Å²) in [4.78, 5) is 8.24. The zero-order chi connectivity index (χ0) is 23.5. The van der Waals surface area contributed by atoms with Gasteiger partial charge in [-0.3, -0.25) is 0 Å². The first-order valence-electron chi connectivity index (χ1n) is 12.3. The van der Waals surface area contributed by atoms with Crippen LogP contribution in [0.1, 0.15) is 62.5 Å². The summed E-state index contributed by atoms with van der Waals surface area (Å²) < 4.78 is 12.1. The van der Waals surface area contributed by atoms with Crippen molar-refractivity contribution in [3.8, 4) is 22.6 Å². The minimum absolute atomic E-state index is 0.185. The summed E-state index contributed by atoms with van der Waals surface area (Å²) in [6.45, 7) is 0. The number of nitrogens with zero attached hydrogens (tertiary/aromatic N) is 2. The van der Waals surface area contributed by atoms with Gasteiger partial charge in [-0.2, -0.15) is 0 Å². The van der Waals surface area contributed by atoms with Crippen molar-refractivity contribution in [1.29, 1.82) is 0 Å². The second-order valence-corrected chi connectivity index (χ2v) is 9.61. The molecule has 2 saturated carbocycles. The molecule has 3 aromatic rings. The summed E-state index contributed by atoms with van der Waals surface area (Å²) in [6, 6.07) is 15.0. The lowest BCUT2D eigenvalue weighted by atomic mass is 9.64. The molecule has 0 spiro atoms. The fourth-order valence-electron chi connectivity index (χ4n) is 5.56. The molecule has 0 saturated heterocycles. The van der Waals surface area contributed by atoms with Gasteiger partial charge in [-0.05, 0) is 80.2 Å². The number of nitrogens with two attached hydrogens (primary N) is 1. The van der Waals surface area contributed by atoms with Gasteiger partial charge < -0.3 is 20.3 Å². The van der Waals surface area contributed by atoms with Crippen molar-refractivity contribution >= 4 is 5.95 Å². The topological polar surface area (TPSA) is 90.5 Å². The Hall–Kier alpha value is -3.12. The summed E-state index contributed by atoms with van der Waals surface area (Å²) in [6.07, 6.45) is 11.5. The normalized spacial score (nSPS) is 23.1. The van der Waals surface area contributed by atoms with Gasteiger partial charge in [0.05, 0.1) is 19.3 Å². The van der Waals surface area contributed by atoms with Crippen LogP contribution in [0.15, 0.2) is 54.9 Å². The summed E-state index contributed by atoms with van der Waals surface area (Å²) in [5.41, 5.74) is 9.91. The van der Waals surface area contributed by atoms with Crippen LogP contribution in [0.5, 0.6) is 11.5 Å². The Morgan fingerprint density at radius 3 is 2.15 bits per heavy atom. The second-order valence-electron chi connectivity index (χ2n) is 9.61. The quantitative estimate of drug-likeness (QED) is 0.521. The van der Waals surface area contributed by atoms with Crippen LogP contribution in [0, 0.1) is 0 Å². The lowest BCUT2D eigenvalue weighted by molar-refractivity contribution is 0.106. The van der Waals surface area contributed by atoms with Crippen molar-refractivity contribution in [2.45, 2.75) is 69.0 Å². The van der Waals surface area contributed by atoms with E-state index >= 15 is 0 Å². The Labute approximate surface area is 201 Å². The summed E-state index contributed by atoms with van der Waals surface area (Å²) in [5, 5.41) is 10.3. The third-order valence-electron chi connectivity index (χ3n) is 7.56. The first-order valence-corrected chi connectivity index (χ1v) is 12.3. The van der Waals surface area contributed by atoms with Gasteiger partial charge >= 0.3 is 0 Å². The molecule has 0 bridgehead atoms. The van der Waals surface area contributed by atoms with Crippen molar-refractivity contribution in [2.75, 3.05) is 12.8 Å². The molecule has 5 rings (SSSR count). The molecule has 3 N–H and O–H groups in total. The average Bonchev–Trinajstić information content (AvgIpc) is 3.38. The minimum Gasteiger partial charge on any atom is -0.493 e. The second kappa shape index (κ2) is 9.63. The van der Waals surface area contributed by atoms with Crippen LogP contribution in [0.4, 0.5) is 5.95 Å². The van der Waals surface area contributed by atoms with Gasteiger partial charge in [0.25, 0.3) is 0 Å². The highest BCUT2D eigenvalue weighted by Crippen LogP contribution is 2.47. The monoisotopic (exact) mass is 459 g/mol. The van der Waals surface area contributed by atoms with E-state index in [9.17, 15) is 5.11 Å². The van der Waals surface area contributed by atoms with Gasteiger partial charge in [0.15, 0.2) is 11.5 Å². The van der Waals surface area contributed by atoms with Gasteiger partial charge in [0, 0.05) is 23.4 Å². The number of hydrogen-bond donors (Lipinski definition) is 2. The van der Waals surface area contributed by atoms with Crippen molar-refractivity contribution in [1.82, 2.24) is 9.97 Å². The molecule has 0 atom stereocenters. The standard InChI is InChI=1S/C28H33N3O3/c1-33-25-11-10-22(16-26(25)34-24-4-2-3-5-24)28(14-12-23(32)13-15-28)21-8-6-19(7-9-21)20-17-30-27(29)31-18-20/h6-11,16-18,23-24,32H,2-5,12-15H2,1H3,(H2,29,30,31)/t23-,28+. The number of hydrogen-bond acceptors (Lipinski definition) is 6. The number of aliphatic hydroxyl groups excluding tert-OH is 1. The summed E-state index contributed by atoms with van der Waals surface area (Å²) in [5.74, 6) is 1.88. The zero-order valence-corrected chi connectivity index (χ0v) is 19.7. The van der Waals surface area contributed by atoms with Gasteiger partial charge in [-0.15, -0.1) is 0 Å². The van der Waals surface area contributed by atoms with Crippen LogP contribution in [0.2, 0.25) is 0 Å². The van der Waals surface area contributed by atoms with Gasteiger partial charge in [0.2, 0.25) is 5.95 Å². The molecule has 0 radical (unpaired) electrons. The van der Waals surface area contributed by atoms with Gasteiger partial charge in [-0.25, -0.2) is 9.97 Å². The fraction of sp³-hybridized carbons (Fsp3) is 0.429. The van der Waals surface area contributed by atoms with Crippen molar-refractivity contribution in [3.05, 3.63) is 66.0 Å². The van der Waals surface area contributed by atoms with E-state index in [4.69, 9.17) is 15.2 Å². The van der Waals surface area contributed by atoms with E-state index in [0.29, 0.717) is 0 Å². The van der Waals surface area contributed by atoms with E-state index in [-0.39, 0.29) is 23.6 Å². The Bertz CT molecular complexity index is 1100. The van der Waals surface area contributed by atoms with Crippen LogP contribution in [0.3, 0.4) is 0 Å². The van der Waals surface area contributed by atoms with E-state index in [0.717, 1.165) is 61.2 Å². The number of nitrogen functional groups attached to an aromatic ring is 1. The van der Waals surface area contributed by atoms with E-state index < -0.39 is 0 Å². The molecule has 2 aromatic carbocycles. The number of anilines is 1. The molecule has 1 aromatic heterocycles. The van der Waals surface area contributed by atoms with Crippen LogP contribution in [-0.2, 0) is 5.41 Å². The predicted molar refractivity (Wildman–Crippen MR) is 133 cm³/mol. The highest BCUT2D eigenvalue weighted by Gasteiger charge is 2.38. The highest BCUT2D eigenvalue weighted by molar-refractivity contribution is 5.63. The summed E-state index contributed by atoms with van der Waals surface area (Å²) in [7, 11) is 1.70. The van der Waals surface area contributed by atoms with Crippen LogP contribution in [0.25, 0.3) is 11.1 Å². The first kappa shape index (κ1) is 22.7. The smallest absolute Gasteiger partial charge is 0.219 e. The number of aromatic nitrogens is 2. The van der Waals surface area contributed by atoms with Gasteiger partial charge in [-0.1, -0.05) is 30.3 Å². The lowest BCUT2D eigenvalue weighted by Crippen LogP contribution is -2.34. The van der Waals surface area contributed by atoms with E-state index in [1.165, 1.54) is 24.0 Å². The molecule has 0 amide bonds. The molecular weight excluding hydrogens is 426 g/mol. The Morgan fingerprint density at radius 1 is 0.853 bits per heavy atom. The molecule has 0 unspecified atom stereocenters. The molecule has 6 nitrogen and oxygen atoms in total. The fourth-order valence-corrected chi connectivity index (χ4v) is 5.56. The molecule has 2 fully saturated rings. The van der Waals surface area contributed by atoms with Crippen LogP contribution >= 0.6 is 0 Å².